The van der Waals surface area contributed by atoms with E-state index in [1.807, 2.05) is 0 Å². The van der Waals surface area contributed by atoms with Gasteiger partial charge in [0.1, 0.15) is 5.69 Å². The molecule has 2 fully saturated rings. The standard InChI is InChI=1S/C16H20N4O4/c1-15(2)10-6-7-16(15,3)14(8-10)18-17-12-5-4-11(19(21)22)9-13(12)20(23)24/h4-5,9-10,17H,6-8H2,1-3H3/b18-14+. The quantitative estimate of drug-likeness (QED) is 0.658. The summed E-state index contributed by atoms with van der Waals surface area (Å²) in [5.74, 6) is 0.579. The molecule has 1 aromatic rings. The van der Waals surface area contributed by atoms with E-state index in [0.29, 0.717) is 5.92 Å². The molecule has 3 rings (SSSR count). The molecular weight excluding hydrogens is 312 g/mol. The van der Waals surface area contributed by atoms with Crippen LogP contribution in [0.5, 0.6) is 0 Å². The first-order chi connectivity index (χ1) is 11.2. The fourth-order valence-electron chi connectivity index (χ4n) is 4.10. The number of hydrogen-bond donors (Lipinski definition) is 1. The molecule has 1 N–H and O–H groups in total. The van der Waals surface area contributed by atoms with Gasteiger partial charge in [0.25, 0.3) is 5.69 Å². The zero-order chi connectivity index (χ0) is 17.7. The summed E-state index contributed by atoms with van der Waals surface area (Å²) in [5.41, 5.74) is 3.46. The Labute approximate surface area is 139 Å². The highest BCUT2D eigenvalue weighted by atomic mass is 16.6. The molecule has 24 heavy (non-hydrogen) atoms. The van der Waals surface area contributed by atoms with Gasteiger partial charge in [-0.3, -0.25) is 25.7 Å². The second-order valence-corrected chi connectivity index (χ2v) is 7.38. The summed E-state index contributed by atoms with van der Waals surface area (Å²) in [6.07, 6.45) is 3.13. The van der Waals surface area contributed by atoms with Gasteiger partial charge in [-0.05, 0) is 36.7 Å². The van der Waals surface area contributed by atoms with Gasteiger partial charge in [0.15, 0.2) is 0 Å². The first kappa shape index (κ1) is 16.4. The van der Waals surface area contributed by atoms with Crippen molar-refractivity contribution < 1.29 is 9.85 Å². The maximum absolute atomic E-state index is 11.2. The third-order valence-corrected chi connectivity index (χ3v) is 6.21. The molecule has 0 spiro atoms. The Morgan fingerprint density at radius 3 is 2.42 bits per heavy atom. The normalized spacial score (nSPS) is 29.0. The third-order valence-electron chi connectivity index (χ3n) is 6.21. The average molecular weight is 332 g/mol. The fourth-order valence-corrected chi connectivity index (χ4v) is 4.10. The average Bonchev–Trinajstić information content (AvgIpc) is 2.85. The molecule has 0 aliphatic heterocycles. The minimum Gasteiger partial charge on any atom is -0.272 e. The molecule has 128 valence electrons. The van der Waals surface area contributed by atoms with Gasteiger partial charge in [-0.15, -0.1) is 0 Å². The van der Waals surface area contributed by atoms with Crippen LogP contribution in [-0.2, 0) is 0 Å². The Morgan fingerprint density at radius 2 is 1.92 bits per heavy atom. The van der Waals surface area contributed by atoms with E-state index in [0.717, 1.165) is 24.6 Å². The van der Waals surface area contributed by atoms with Crippen LogP contribution in [0.25, 0.3) is 0 Å². The van der Waals surface area contributed by atoms with Crippen molar-refractivity contribution >= 4 is 22.8 Å². The van der Waals surface area contributed by atoms with Crippen molar-refractivity contribution in [3.63, 3.8) is 0 Å². The maximum Gasteiger partial charge on any atom is 0.301 e. The molecule has 2 bridgehead atoms. The minimum absolute atomic E-state index is 0.0137. The van der Waals surface area contributed by atoms with E-state index in [1.54, 1.807) is 0 Å². The molecule has 8 nitrogen and oxygen atoms in total. The van der Waals surface area contributed by atoms with Crippen LogP contribution in [0.2, 0.25) is 0 Å². The van der Waals surface area contributed by atoms with Gasteiger partial charge >= 0.3 is 5.69 Å². The van der Waals surface area contributed by atoms with Gasteiger partial charge in [-0.2, -0.15) is 5.10 Å². The second kappa shape index (κ2) is 5.25. The van der Waals surface area contributed by atoms with Gasteiger partial charge in [-0.1, -0.05) is 20.8 Å². The van der Waals surface area contributed by atoms with Gasteiger partial charge in [0.2, 0.25) is 0 Å². The van der Waals surface area contributed by atoms with Crippen LogP contribution in [0, 0.1) is 37.0 Å². The zero-order valence-corrected chi connectivity index (χ0v) is 13.9. The summed E-state index contributed by atoms with van der Waals surface area (Å²) in [6, 6.07) is 3.53. The van der Waals surface area contributed by atoms with Crippen LogP contribution in [0.4, 0.5) is 17.1 Å². The van der Waals surface area contributed by atoms with Crippen LogP contribution in [0.1, 0.15) is 40.0 Å². The number of fused-ring (bicyclic) bond motifs is 2. The molecule has 2 aliphatic carbocycles. The van der Waals surface area contributed by atoms with Gasteiger partial charge in [0.05, 0.1) is 15.9 Å². The van der Waals surface area contributed by atoms with Crippen molar-refractivity contribution in [3.8, 4) is 0 Å². The predicted octanol–water partition coefficient (Wildman–Crippen LogP) is 4.12. The Morgan fingerprint density at radius 1 is 1.21 bits per heavy atom. The monoisotopic (exact) mass is 332 g/mol. The first-order valence-electron chi connectivity index (χ1n) is 7.93. The zero-order valence-electron chi connectivity index (χ0n) is 13.9. The lowest BCUT2D eigenvalue weighted by Crippen LogP contribution is -2.32. The van der Waals surface area contributed by atoms with Crippen molar-refractivity contribution in [1.82, 2.24) is 0 Å². The molecule has 0 radical (unpaired) electrons. The summed E-state index contributed by atoms with van der Waals surface area (Å²) in [7, 11) is 0. The van der Waals surface area contributed by atoms with Crippen LogP contribution in [0.3, 0.4) is 0 Å². The summed E-state index contributed by atoms with van der Waals surface area (Å²) in [4.78, 5) is 20.7. The number of nitrogens with zero attached hydrogens (tertiary/aromatic N) is 3. The van der Waals surface area contributed by atoms with Crippen molar-refractivity contribution in [2.45, 2.75) is 40.0 Å². The largest absolute Gasteiger partial charge is 0.301 e. The summed E-state index contributed by atoms with van der Waals surface area (Å²) < 4.78 is 0. The molecule has 0 saturated heterocycles. The minimum atomic E-state index is -0.651. The number of hydrogen-bond acceptors (Lipinski definition) is 6. The lowest BCUT2D eigenvalue weighted by Gasteiger charge is -2.34. The summed E-state index contributed by atoms with van der Waals surface area (Å²) >= 11 is 0. The molecule has 1 aromatic carbocycles. The number of nitrogens with one attached hydrogen (secondary N) is 1. The highest BCUT2D eigenvalue weighted by Gasteiger charge is 2.60. The third kappa shape index (κ3) is 2.24. The molecule has 2 unspecified atom stereocenters. The van der Waals surface area contributed by atoms with E-state index in [2.05, 4.69) is 31.3 Å². The Bertz CT molecular complexity index is 758. The van der Waals surface area contributed by atoms with Crippen molar-refractivity contribution in [2.75, 3.05) is 5.43 Å². The number of non-ortho nitro benzene ring substituents is 1. The van der Waals surface area contributed by atoms with Crippen molar-refractivity contribution in [2.24, 2.45) is 21.8 Å². The Hall–Kier alpha value is -2.51. The van der Waals surface area contributed by atoms with Crippen LogP contribution in [0.15, 0.2) is 23.3 Å². The number of nitro benzene ring substituents is 2. The topological polar surface area (TPSA) is 111 Å². The van der Waals surface area contributed by atoms with Gasteiger partial charge < -0.3 is 0 Å². The number of anilines is 1. The summed E-state index contributed by atoms with van der Waals surface area (Å²) in [6.45, 7) is 6.70. The molecule has 0 aromatic heterocycles. The number of rotatable bonds is 4. The fraction of sp³-hybridized carbons (Fsp3) is 0.562. The molecule has 2 saturated carbocycles. The first-order valence-corrected chi connectivity index (χ1v) is 7.93. The van der Waals surface area contributed by atoms with Gasteiger partial charge in [0, 0.05) is 17.2 Å². The highest BCUT2D eigenvalue weighted by Crippen LogP contribution is 2.63. The number of nitro groups is 2. The van der Waals surface area contributed by atoms with Crippen LogP contribution >= 0.6 is 0 Å². The maximum atomic E-state index is 11.2. The number of benzene rings is 1. The molecular formula is C16H20N4O4. The van der Waals surface area contributed by atoms with Crippen molar-refractivity contribution in [3.05, 3.63) is 38.4 Å². The predicted molar refractivity (Wildman–Crippen MR) is 90.0 cm³/mol. The smallest absolute Gasteiger partial charge is 0.272 e. The highest BCUT2D eigenvalue weighted by molar-refractivity contribution is 5.95. The van der Waals surface area contributed by atoms with Crippen molar-refractivity contribution in [1.29, 1.82) is 0 Å². The summed E-state index contributed by atoms with van der Waals surface area (Å²) in [5, 5.41) is 26.4. The number of hydrazone groups is 1. The lowest BCUT2D eigenvalue weighted by atomic mass is 9.70. The Balaban J connectivity index is 1.90. The SMILES string of the molecule is CC12CCC(C/C1=N\Nc1ccc([N+](=O)[O-])cc1[N+](=O)[O-])C2(C)C. The van der Waals surface area contributed by atoms with Gasteiger partial charge in [-0.25, -0.2) is 0 Å². The van der Waals surface area contributed by atoms with E-state index in [1.165, 1.54) is 18.6 Å². The van der Waals surface area contributed by atoms with E-state index >= 15 is 0 Å². The van der Waals surface area contributed by atoms with Crippen LogP contribution < -0.4 is 5.43 Å². The van der Waals surface area contributed by atoms with E-state index in [9.17, 15) is 20.2 Å². The van der Waals surface area contributed by atoms with E-state index in [4.69, 9.17) is 0 Å². The molecule has 8 heteroatoms. The van der Waals surface area contributed by atoms with E-state index < -0.39 is 9.85 Å². The molecule has 0 heterocycles. The van der Waals surface area contributed by atoms with Crippen LogP contribution in [-0.4, -0.2) is 15.6 Å². The molecule has 2 atom stereocenters. The molecule has 2 aliphatic rings. The lowest BCUT2D eigenvalue weighted by molar-refractivity contribution is -0.393. The second-order valence-electron chi connectivity index (χ2n) is 7.38. The molecule has 0 amide bonds. The Kier molecular flexibility index (Phi) is 3.58. The van der Waals surface area contributed by atoms with E-state index in [-0.39, 0.29) is 27.9 Å².